The van der Waals surface area contributed by atoms with Crippen molar-refractivity contribution in [1.29, 1.82) is 0 Å². The van der Waals surface area contributed by atoms with E-state index >= 15 is 0 Å². The fraction of sp³-hybridized carbons (Fsp3) is 0.214. The Kier molecular flexibility index (Phi) is 5.19. The van der Waals surface area contributed by atoms with Crippen LogP contribution in [0.1, 0.15) is 19.4 Å². The number of aliphatic imine (C=N–C) groups is 1. The SMILES string of the molecule is CCOc1ccc(/C=C2/SC(NC(C)=O)=NC2=O)cc1Br. The van der Waals surface area contributed by atoms with E-state index in [-0.39, 0.29) is 11.8 Å². The zero-order valence-corrected chi connectivity index (χ0v) is 13.9. The van der Waals surface area contributed by atoms with Gasteiger partial charge in [0.05, 0.1) is 16.0 Å². The lowest BCUT2D eigenvalue weighted by Crippen LogP contribution is -2.23. The molecule has 21 heavy (non-hydrogen) atoms. The Morgan fingerprint density at radius 2 is 2.29 bits per heavy atom. The second-order valence-electron chi connectivity index (χ2n) is 4.14. The minimum Gasteiger partial charge on any atom is -0.493 e. The second-order valence-corrected chi connectivity index (χ2v) is 6.02. The minimum absolute atomic E-state index is 0.251. The second kappa shape index (κ2) is 6.91. The lowest BCUT2D eigenvalue weighted by molar-refractivity contribution is -0.117. The first kappa shape index (κ1) is 15.8. The molecule has 1 aliphatic rings. The number of carbonyl (C=O) groups is 2. The van der Waals surface area contributed by atoms with Crippen LogP contribution in [0, 0.1) is 0 Å². The van der Waals surface area contributed by atoms with Gasteiger partial charge in [-0.3, -0.25) is 9.59 Å². The molecule has 0 bridgehead atoms. The van der Waals surface area contributed by atoms with E-state index < -0.39 is 0 Å². The normalized spacial score (nSPS) is 16.0. The monoisotopic (exact) mass is 368 g/mol. The molecule has 110 valence electrons. The summed E-state index contributed by atoms with van der Waals surface area (Å²) < 4.78 is 6.25. The molecule has 0 saturated carbocycles. The van der Waals surface area contributed by atoms with Gasteiger partial charge in [-0.2, -0.15) is 4.99 Å². The van der Waals surface area contributed by atoms with Crippen LogP contribution in [0.4, 0.5) is 0 Å². The van der Waals surface area contributed by atoms with Gasteiger partial charge >= 0.3 is 0 Å². The van der Waals surface area contributed by atoms with Crippen molar-refractivity contribution in [2.45, 2.75) is 13.8 Å². The van der Waals surface area contributed by atoms with Gasteiger partial charge in [-0.15, -0.1) is 0 Å². The Balaban J connectivity index is 2.16. The van der Waals surface area contributed by atoms with Gasteiger partial charge in [0.2, 0.25) is 5.91 Å². The van der Waals surface area contributed by atoms with E-state index in [2.05, 4.69) is 26.2 Å². The lowest BCUT2D eigenvalue weighted by atomic mass is 10.2. The number of ether oxygens (including phenoxy) is 1. The van der Waals surface area contributed by atoms with Crippen molar-refractivity contribution < 1.29 is 14.3 Å². The average molecular weight is 369 g/mol. The Bertz CT molecular complexity index is 656. The van der Waals surface area contributed by atoms with Crippen molar-refractivity contribution >= 4 is 50.7 Å². The molecule has 0 saturated heterocycles. The van der Waals surface area contributed by atoms with Crippen LogP contribution in [0.5, 0.6) is 5.75 Å². The molecule has 0 spiro atoms. The molecular weight excluding hydrogens is 356 g/mol. The smallest absolute Gasteiger partial charge is 0.286 e. The largest absolute Gasteiger partial charge is 0.493 e. The molecule has 1 aromatic carbocycles. The highest BCUT2D eigenvalue weighted by Crippen LogP contribution is 2.30. The maximum Gasteiger partial charge on any atom is 0.286 e. The van der Waals surface area contributed by atoms with Gasteiger partial charge in [-0.25, -0.2) is 0 Å². The van der Waals surface area contributed by atoms with E-state index in [9.17, 15) is 9.59 Å². The molecule has 2 amide bonds. The highest BCUT2D eigenvalue weighted by molar-refractivity contribution is 9.10. The third-order valence-corrected chi connectivity index (χ3v) is 3.98. The van der Waals surface area contributed by atoms with E-state index in [0.717, 1.165) is 27.5 Å². The van der Waals surface area contributed by atoms with E-state index in [1.54, 1.807) is 6.08 Å². The Labute approximate surface area is 135 Å². The topological polar surface area (TPSA) is 67.8 Å². The fourth-order valence-corrected chi connectivity index (χ4v) is 3.01. The first-order chi connectivity index (χ1) is 9.99. The van der Waals surface area contributed by atoms with Gasteiger partial charge in [0.25, 0.3) is 5.91 Å². The van der Waals surface area contributed by atoms with Gasteiger partial charge in [-0.1, -0.05) is 6.07 Å². The third kappa shape index (κ3) is 4.18. The molecule has 0 unspecified atom stereocenters. The summed E-state index contributed by atoms with van der Waals surface area (Å²) in [6.45, 7) is 3.87. The van der Waals surface area contributed by atoms with E-state index in [1.807, 2.05) is 25.1 Å². The molecule has 1 N–H and O–H groups in total. The minimum atomic E-state index is -0.353. The van der Waals surface area contributed by atoms with E-state index in [0.29, 0.717) is 16.7 Å². The number of amides is 2. The number of hydrogen-bond donors (Lipinski definition) is 1. The molecular formula is C14H13BrN2O3S. The standard InChI is InChI=1S/C14H13BrN2O3S/c1-3-20-11-5-4-9(6-10(11)15)7-12-13(19)17-14(21-12)16-8(2)18/h4-7H,3H2,1-2H3,(H,16,17,18,19)/b12-7+. The molecule has 0 aliphatic carbocycles. The van der Waals surface area contributed by atoms with Gasteiger partial charge in [0, 0.05) is 6.92 Å². The van der Waals surface area contributed by atoms with Crippen molar-refractivity contribution in [2.24, 2.45) is 4.99 Å². The summed E-state index contributed by atoms with van der Waals surface area (Å²) in [5.41, 5.74) is 0.848. The number of carbonyl (C=O) groups excluding carboxylic acids is 2. The number of hydrogen-bond acceptors (Lipinski definition) is 4. The molecule has 7 heteroatoms. The molecule has 0 atom stereocenters. The molecule has 0 radical (unpaired) electrons. The zero-order valence-electron chi connectivity index (χ0n) is 11.5. The molecule has 5 nitrogen and oxygen atoms in total. The Hall–Kier alpha value is -1.60. The summed E-state index contributed by atoms with van der Waals surface area (Å²) in [6.07, 6.45) is 1.73. The number of rotatable bonds is 3. The molecule has 0 fully saturated rings. The maximum atomic E-state index is 11.8. The zero-order chi connectivity index (χ0) is 15.4. The molecule has 1 aromatic rings. The summed E-state index contributed by atoms with van der Waals surface area (Å²) in [5, 5.41) is 2.82. The number of thioether (sulfide) groups is 1. The molecule has 1 heterocycles. The lowest BCUT2D eigenvalue weighted by Gasteiger charge is -2.06. The van der Waals surface area contributed by atoms with Gasteiger partial charge < -0.3 is 10.1 Å². The summed E-state index contributed by atoms with van der Waals surface area (Å²) >= 11 is 4.57. The maximum absolute atomic E-state index is 11.8. The highest BCUT2D eigenvalue weighted by atomic mass is 79.9. The first-order valence-corrected chi connectivity index (χ1v) is 7.83. The molecule has 1 aliphatic heterocycles. The summed E-state index contributed by atoms with van der Waals surface area (Å²) in [6, 6.07) is 5.55. The number of nitrogens with zero attached hydrogens (tertiary/aromatic N) is 1. The van der Waals surface area contributed by atoms with Crippen LogP contribution in [0.3, 0.4) is 0 Å². The summed E-state index contributed by atoms with van der Waals surface area (Å²) in [4.78, 5) is 27.0. The predicted molar refractivity (Wildman–Crippen MR) is 87.1 cm³/mol. The van der Waals surface area contributed by atoms with Crippen molar-refractivity contribution in [2.75, 3.05) is 6.61 Å². The van der Waals surface area contributed by atoms with Crippen LogP contribution in [0.15, 0.2) is 32.6 Å². The van der Waals surface area contributed by atoms with Crippen LogP contribution < -0.4 is 10.1 Å². The van der Waals surface area contributed by atoms with Crippen molar-refractivity contribution in [3.05, 3.63) is 33.1 Å². The van der Waals surface area contributed by atoms with Crippen molar-refractivity contribution in [3.8, 4) is 5.75 Å². The van der Waals surface area contributed by atoms with Crippen molar-refractivity contribution in [3.63, 3.8) is 0 Å². The average Bonchev–Trinajstić information content (AvgIpc) is 2.72. The Morgan fingerprint density at radius 1 is 1.52 bits per heavy atom. The molecule has 2 rings (SSSR count). The first-order valence-electron chi connectivity index (χ1n) is 6.22. The number of benzene rings is 1. The van der Waals surface area contributed by atoms with Gasteiger partial charge in [0.15, 0.2) is 5.17 Å². The van der Waals surface area contributed by atoms with Crippen LogP contribution in [-0.4, -0.2) is 23.6 Å². The van der Waals surface area contributed by atoms with Crippen molar-refractivity contribution in [1.82, 2.24) is 5.32 Å². The fourth-order valence-electron chi connectivity index (χ4n) is 1.64. The van der Waals surface area contributed by atoms with Crippen LogP contribution >= 0.6 is 27.7 Å². The van der Waals surface area contributed by atoms with Crippen LogP contribution in [0.25, 0.3) is 6.08 Å². The summed E-state index contributed by atoms with van der Waals surface area (Å²) in [7, 11) is 0. The van der Waals surface area contributed by atoms with Gasteiger partial charge in [-0.05, 0) is 58.4 Å². The van der Waals surface area contributed by atoms with Gasteiger partial charge in [0.1, 0.15) is 5.75 Å². The highest BCUT2D eigenvalue weighted by Gasteiger charge is 2.22. The predicted octanol–water partition coefficient (Wildman–Crippen LogP) is 2.95. The number of amidine groups is 1. The number of halogens is 1. The van der Waals surface area contributed by atoms with E-state index in [1.165, 1.54) is 6.92 Å². The van der Waals surface area contributed by atoms with Crippen LogP contribution in [-0.2, 0) is 9.59 Å². The number of nitrogens with one attached hydrogen (secondary N) is 1. The van der Waals surface area contributed by atoms with E-state index in [4.69, 9.17) is 4.74 Å². The summed E-state index contributed by atoms with van der Waals surface area (Å²) in [5.74, 6) is 0.146. The Morgan fingerprint density at radius 3 is 2.90 bits per heavy atom. The molecule has 0 aromatic heterocycles. The van der Waals surface area contributed by atoms with Crippen LogP contribution in [0.2, 0.25) is 0 Å². The third-order valence-electron chi connectivity index (χ3n) is 2.46. The quantitative estimate of drug-likeness (QED) is 0.832.